The van der Waals surface area contributed by atoms with Crippen LogP contribution in [0.5, 0.6) is 5.75 Å². The maximum atomic E-state index is 14.7. The third kappa shape index (κ3) is 2.67. The van der Waals surface area contributed by atoms with Crippen molar-refractivity contribution in [3.63, 3.8) is 0 Å². The molecular formula is C19H14FO3S. The number of rotatable bonds is 3. The first-order valence-electron chi connectivity index (χ1n) is 7.28. The zero-order valence-corrected chi connectivity index (χ0v) is 13.7. The van der Waals surface area contributed by atoms with Crippen molar-refractivity contribution < 1.29 is 17.9 Å². The second kappa shape index (κ2) is 6.09. The molecule has 0 saturated heterocycles. The average Bonchev–Trinajstić information content (AvgIpc) is 2.59. The summed E-state index contributed by atoms with van der Waals surface area (Å²) in [7, 11) is -4.10. The van der Waals surface area contributed by atoms with Crippen LogP contribution in [0.3, 0.4) is 0 Å². The van der Waals surface area contributed by atoms with E-state index in [0.29, 0.717) is 5.56 Å². The minimum atomic E-state index is -4.10. The third-order valence-corrected chi connectivity index (χ3v) is 5.70. The van der Waals surface area contributed by atoms with Gasteiger partial charge in [0.25, 0.3) is 0 Å². The van der Waals surface area contributed by atoms with Crippen LogP contribution in [0.2, 0.25) is 0 Å². The maximum Gasteiger partial charge on any atom is 0.223 e. The summed E-state index contributed by atoms with van der Waals surface area (Å²) in [6.45, 7) is 1.49. The molecule has 24 heavy (non-hydrogen) atoms. The van der Waals surface area contributed by atoms with Gasteiger partial charge in [0.15, 0.2) is 5.82 Å². The fraction of sp³-hybridized carbons (Fsp3) is 0.0526. The van der Waals surface area contributed by atoms with Gasteiger partial charge >= 0.3 is 0 Å². The summed E-state index contributed by atoms with van der Waals surface area (Å²) in [5.41, 5.74) is 0.903. The monoisotopic (exact) mass is 341 g/mol. The number of hydrogen-bond donors (Lipinski definition) is 0. The summed E-state index contributed by atoms with van der Waals surface area (Å²) in [5, 5.41) is 12.4. The molecule has 0 aliphatic rings. The summed E-state index contributed by atoms with van der Waals surface area (Å²) in [6, 6.07) is 17.6. The molecular weight excluding hydrogens is 327 g/mol. The fourth-order valence-corrected chi connectivity index (χ4v) is 4.18. The van der Waals surface area contributed by atoms with Crippen LogP contribution in [-0.4, -0.2) is 8.42 Å². The standard InChI is InChI=1S/C19H14FO3S/c1-13-12-16(14-8-4-2-5-9-14)18(21)17(20)19(13)24(22,23)15-10-6-3-7-11-15/h2-12H,1H3. The quantitative estimate of drug-likeness (QED) is 0.688. The van der Waals surface area contributed by atoms with Crippen LogP contribution in [0.15, 0.2) is 76.5 Å². The van der Waals surface area contributed by atoms with Crippen molar-refractivity contribution in [1.82, 2.24) is 0 Å². The van der Waals surface area contributed by atoms with Crippen LogP contribution in [0, 0.1) is 12.7 Å². The van der Waals surface area contributed by atoms with Crippen molar-refractivity contribution in [2.45, 2.75) is 16.7 Å². The molecule has 121 valence electrons. The van der Waals surface area contributed by atoms with Crippen LogP contribution in [0.25, 0.3) is 11.1 Å². The van der Waals surface area contributed by atoms with Gasteiger partial charge in [-0.3, -0.25) is 5.11 Å². The van der Waals surface area contributed by atoms with Gasteiger partial charge in [-0.1, -0.05) is 48.5 Å². The molecule has 3 rings (SSSR count). The Kier molecular flexibility index (Phi) is 4.11. The first-order chi connectivity index (χ1) is 11.4. The van der Waals surface area contributed by atoms with Crippen LogP contribution >= 0.6 is 0 Å². The lowest BCUT2D eigenvalue weighted by molar-refractivity contribution is 0.327. The highest BCUT2D eigenvalue weighted by atomic mass is 32.2. The Morgan fingerprint density at radius 2 is 1.42 bits per heavy atom. The summed E-state index contributed by atoms with van der Waals surface area (Å²) >= 11 is 0. The van der Waals surface area contributed by atoms with Crippen molar-refractivity contribution >= 4 is 9.84 Å². The zero-order valence-electron chi connectivity index (χ0n) is 12.9. The molecule has 5 heteroatoms. The second-order valence-electron chi connectivity index (χ2n) is 5.40. The smallest absolute Gasteiger partial charge is 0.223 e. The summed E-state index contributed by atoms with van der Waals surface area (Å²) < 4.78 is 40.1. The molecule has 1 radical (unpaired) electrons. The van der Waals surface area contributed by atoms with E-state index >= 15 is 0 Å². The Morgan fingerprint density at radius 1 is 0.875 bits per heavy atom. The van der Waals surface area contributed by atoms with Gasteiger partial charge in [0, 0.05) is 5.56 Å². The van der Waals surface area contributed by atoms with Gasteiger partial charge in [0.1, 0.15) is 4.90 Å². The molecule has 0 aliphatic heterocycles. The fourth-order valence-electron chi connectivity index (χ4n) is 2.62. The predicted octanol–water partition coefficient (Wildman–Crippen LogP) is 4.78. The minimum Gasteiger partial charge on any atom is -0.286 e. The molecule has 0 spiro atoms. The van der Waals surface area contributed by atoms with Gasteiger partial charge in [0.2, 0.25) is 15.6 Å². The largest absolute Gasteiger partial charge is 0.286 e. The Morgan fingerprint density at radius 3 is 2.00 bits per heavy atom. The van der Waals surface area contributed by atoms with E-state index in [0.717, 1.165) is 0 Å². The molecule has 0 atom stereocenters. The van der Waals surface area contributed by atoms with Crippen LogP contribution < -0.4 is 0 Å². The third-order valence-electron chi connectivity index (χ3n) is 3.77. The van der Waals surface area contributed by atoms with Gasteiger partial charge < -0.3 is 0 Å². The van der Waals surface area contributed by atoms with Crippen molar-refractivity contribution in [3.8, 4) is 16.9 Å². The Balaban J connectivity index is 2.24. The lowest BCUT2D eigenvalue weighted by atomic mass is 10.0. The van der Waals surface area contributed by atoms with Crippen molar-refractivity contribution in [2.24, 2.45) is 0 Å². The molecule has 0 aliphatic carbocycles. The Hall–Kier alpha value is -2.66. The predicted molar refractivity (Wildman–Crippen MR) is 88.6 cm³/mol. The summed E-state index contributed by atoms with van der Waals surface area (Å²) in [4.78, 5) is -0.600. The molecule has 3 aromatic carbocycles. The summed E-state index contributed by atoms with van der Waals surface area (Å²) in [6.07, 6.45) is 0. The minimum absolute atomic E-state index is 0.0427. The van der Waals surface area contributed by atoms with E-state index in [4.69, 9.17) is 0 Å². The van der Waals surface area contributed by atoms with Gasteiger partial charge in [-0.25, -0.2) is 12.8 Å². The van der Waals surface area contributed by atoms with Crippen LogP contribution in [-0.2, 0) is 14.9 Å². The molecule has 0 aromatic heterocycles. The van der Waals surface area contributed by atoms with Crippen molar-refractivity contribution in [3.05, 3.63) is 78.1 Å². The maximum absolute atomic E-state index is 14.7. The number of aryl methyl sites for hydroxylation is 1. The van der Waals surface area contributed by atoms with Crippen LogP contribution in [0.1, 0.15) is 5.56 Å². The zero-order chi connectivity index (χ0) is 17.3. The lowest BCUT2D eigenvalue weighted by Gasteiger charge is -2.12. The van der Waals surface area contributed by atoms with Gasteiger partial charge in [-0.2, -0.15) is 0 Å². The van der Waals surface area contributed by atoms with E-state index in [2.05, 4.69) is 0 Å². The number of benzene rings is 3. The molecule has 0 saturated carbocycles. The highest BCUT2D eigenvalue weighted by Gasteiger charge is 2.29. The van der Waals surface area contributed by atoms with Gasteiger partial charge in [0.05, 0.1) is 4.90 Å². The second-order valence-corrected chi connectivity index (χ2v) is 7.28. The molecule has 3 aromatic rings. The van der Waals surface area contributed by atoms with E-state index in [1.54, 1.807) is 48.5 Å². The van der Waals surface area contributed by atoms with Crippen molar-refractivity contribution in [2.75, 3.05) is 0 Å². The number of sulfone groups is 1. The molecule has 3 nitrogen and oxygen atoms in total. The molecule has 0 N–H and O–H groups in total. The molecule has 0 unspecified atom stereocenters. The molecule has 0 heterocycles. The lowest BCUT2D eigenvalue weighted by Crippen LogP contribution is -2.07. The molecule has 0 fully saturated rings. The van der Waals surface area contributed by atoms with Gasteiger partial charge in [-0.05, 0) is 36.2 Å². The summed E-state index contributed by atoms with van der Waals surface area (Å²) in [5.74, 6) is -2.15. The van der Waals surface area contributed by atoms with Crippen molar-refractivity contribution in [1.29, 1.82) is 0 Å². The highest BCUT2D eigenvalue weighted by Crippen LogP contribution is 2.39. The number of halogens is 1. The normalized spacial score (nSPS) is 11.4. The molecule has 0 bridgehead atoms. The van der Waals surface area contributed by atoms with Gasteiger partial charge in [-0.15, -0.1) is 0 Å². The van der Waals surface area contributed by atoms with Crippen LogP contribution in [0.4, 0.5) is 4.39 Å². The molecule has 0 amide bonds. The first kappa shape index (κ1) is 16.2. The first-order valence-corrected chi connectivity index (χ1v) is 8.77. The highest BCUT2D eigenvalue weighted by molar-refractivity contribution is 7.91. The topological polar surface area (TPSA) is 54.0 Å². The number of hydrogen-bond acceptors (Lipinski definition) is 2. The SMILES string of the molecule is Cc1cc(-c2ccccc2)c([O])c(F)c1S(=O)(=O)c1ccccc1. The van der Waals surface area contributed by atoms with E-state index < -0.39 is 26.3 Å². The Labute approximate surface area is 139 Å². The van der Waals surface area contributed by atoms with E-state index in [-0.39, 0.29) is 16.0 Å². The van der Waals surface area contributed by atoms with E-state index in [1.807, 2.05) is 0 Å². The Bertz CT molecular complexity index is 982. The average molecular weight is 341 g/mol. The van der Waals surface area contributed by atoms with E-state index in [1.165, 1.54) is 25.1 Å². The van der Waals surface area contributed by atoms with E-state index in [9.17, 15) is 17.9 Å².